The average molecular weight is 443 g/mol. The number of allylic oxidation sites excluding steroid dienone is 1. The minimum absolute atomic E-state index is 0.0126. The van der Waals surface area contributed by atoms with Crippen LogP contribution in [0.15, 0.2) is 54.1 Å². The standard InChI is InChI=1S/C24H24Cl2N2O2/c1-4-14(5-2)22-24(18-10-9-17(26)12-20(18)27-23(24)30)19(13-21(29)28(22)3)15-7-6-8-16(25)11-15/h4,6-12,19,22H,5,13H2,1-3H3,(H,27,30)/t19-,22+,24-/m0/s1. The average Bonchev–Trinajstić information content (AvgIpc) is 2.99. The first kappa shape index (κ1) is 21.0. The molecule has 0 aliphatic carbocycles. The molecule has 4 nitrogen and oxygen atoms in total. The quantitative estimate of drug-likeness (QED) is 0.632. The van der Waals surface area contributed by atoms with E-state index in [1.807, 2.05) is 43.3 Å². The van der Waals surface area contributed by atoms with Crippen molar-refractivity contribution in [3.63, 3.8) is 0 Å². The van der Waals surface area contributed by atoms with Crippen molar-refractivity contribution in [3.05, 3.63) is 75.3 Å². The third kappa shape index (κ3) is 2.97. The Morgan fingerprint density at radius 1 is 1.20 bits per heavy atom. The summed E-state index contributed by atoms with van der Waals surface area (Å²) in [5, 5.41) is 4.20. The molecule has 3 atom stereocenters. The van der Waals surface area contributed by atoms with E-state index in [0.717, 1.165) is 23.1 Å². The Morgan fingerprint density at radius 2 is 1.93 bits per heavy atom. The summed E-state index contributed by atoms with van der Waals surface area (Å²) in [4.78, 5) is 28.7. The van der Waals surface area contributed by atoms with Gasteiger partial charge in [-0.1, -0.05) is 60.0 Å². The Balaban J connectivity index is 2.06. The molecular weight excluding hydrogens is 419 g/mol. The molecule has 2 aromatic rings. The first-order valence-corrected chi connectivity index (χ1v) is 10.9. The minimum Gasteiger partial charge on any atom is -0.338 e. The van der Waals surface area contributed by atoms with E-state index in [-0.39, 0.29) is 24.2 Å². The number of hydrogen-bond acceptors (Lipinski definition) is 2. The second-order valence-corrected chi connectivity index (χ2v) is 8.82. The number of rotatable bonds is 3. The molecule has 0 bridgehead atoms. The van der Waals surface area contributed by atoms with E-state index in [1.54, 1.807) is 24.1 Å². The first-order valence-electron chi connectivity index (χ1n) is 10.1. The summed E-state index contributed by atoms with van der Waals surface area (Å²) in [6, 6.07) is 12.6. The lowest BCUT2D eigenvalue weighted by Crippen LogP contribution is -2.62. The Labute approximate surface area is 186 Å². The van der Waals surface area contributed by atoms with Gasteiger partial charge in [0.15, 0.2) is 0 Å². The molecule has 4 rings (SSSR count). The molecule has 1 fully saturated rings. The molecule has 1 spiro atoms. The largest absolute Gasteiger partial charge is 0.338 e. The maximum absolute atomic E-state index is 13.8. The van der Waals surface area contributed by atoms with E-state index in [2.05, 4.69) is 12.2 Å². The predicted octanol–water partition coefficient (Wildman–Crippen LogP) is 5.55. The summed E-state index contributed by atoms with van der Waals surface area (Å²) in [6.45, 7) is 4.02. The Bertz CT molecular complexity index is 1060. The summed E-state index contributed by atoms with van der Waals surface area (Å²) in [5.74, 6) is -0.450. The third-order valence-corrected chi connectivity index (χ3v) is 7.04. The lowest BCUT2D eigenvalue weighted by Gasteiger charge is -2.51. The highest BCUT2D eigenvalue weighted by atomic mass is 35.5. The Hall–Kier alpha value is -2.30. The number of halogens is 2. The summed E-state index contributed by atoms with van der Waals surface area (Å²) in [6.07, 6.45) is 2.99. The van der Waals surface area contributed by atoms with Crippen molar-refractivity contribution >= 4 is 40.7 Å². The van der Waals surface area contributed by atoms with Gasteiger partial charge in [0.2, 0.25) is 11.8 Å². The molecule has 30 heavy (non-hydrogen) atoms. The lowest BCUT2D eigenvalue weighted by atomic mass is 9.58. The van der Waals surface area contributed by atoms with Gasteiger partial charge in [0.1, 0.15) is 5.41 Å². The second-order valence-electron chi connectivity index (χ2n) is 7.95. The molecule has 0 saturated carbocycles. The van der Waals surface area contributed by atoms with Crippen LogP contribution in [0.2, 0.25) is 10.0 Å². The number of carbonyl (C=O) groups is 2. The van der Waals surface area contributed by atoms with Crippen LogP contribution in [-0.4, -0.2) is 29.8 Å². The van der Waals surface area contributed by atoms with E-state index in [0.29, 0.717) is 15.7 Å². The van der Waals surface area contributed by atoms with E-state index in [1.165, 1.54) is 0 Å². The van der Waals surface area contributed by atoms with Crippen molar-refractivity contribution in [3.8, 4) is 0 Å². The maximum atomic E-state index is 13.8. The maximum Gasteiger partial charge on any atom is 0.238 e. The van der Waals surface area contributed by atoms with Gasteiger partial charge < -0.3 is 10.2 Å². The van der Waals surface area contributed by atoms with Crippen molar-refractivity contribution in [2.45, 2.75) is 44.1 Å². The van der Waals surface area contributed by atoms with E-state index in [4.69, 9.17) is 23.2 Å². The van der Waals surface area contributed by atoms with Gasteiger partial charge in [0, 0.05) is 35.1 Å². The number of carbonyl (C=O) groups excluding carboxylic acids is 2. The SMILES string of the molecule is CC=C(CC)[C@H]1N(C)C(=O)C[C@@H](c2cccc(Cl)c2)[C@]12C(=O)Nc1cc(Cl)ccc12. The zero-order chi connectivity index (χ0) is 21.6. The number of nitrogens with one attached hydrogen (secondary N) is 1. The fourth-order valence-corrected chi connectivity index (χ4v) is 5.64. The van der Waals surface area contributed by atoms with Crippen molar-refractivity contribution in [2.75, 3.05) is 12.4 Å². The van der Waals surface area contributed by atoms with E-state index in [9.17, 15) is 9.59 Å². The van der Waals surface area contributed by atoms with Crippen molar-refractivity contribution in [1.29, 1.82) is 0 Å². The molecule has 2 amide bonds. The number of amides is 2. The summed E-state index contributed by atoms with van der Waals surface area (Å²) < 4.78 is 0. The molecule has 2 aliphatic rings. The summed E-state index contributed by atoms with van der Waals surface area (Å²) in [5.41, 5.74) is 2.55. The molecule has 0 radical (unpaired) electrons. The van der Waals surface area contributed by atoms with Crippen LogP contribution in [0.4, 0.5) is 5.69 Å². The minimum atomic E-state index is -0.967. The van der Waals surface area contributed by atoms with Gasteiger partial charge in [-0.3, -0.25) is 9.59 Å². The zero-order valence-corrected chi connectivity index (χ0v) is 18.7. The topological polar surface area (TPSA) is 49.4 Å². The number of hydrogen-bond donors (Lipinski definition) is 1. The van der Waals surface area contributed by atoms with Crippen LogP contribution in [0, 0.1) is 0 Å². The van der Waals surface area contributed by atoms with Gasteiger partial charge in [0.05, 0.1) is 6.04 Å². The van der Waals surface area contributed by atoms with Crippen LogP contribution < -0.4 is 5.32 Å². The zero-order valence-electron chi connectivity index (χ0n) is 17.2. The van der Waals surface area contributed by atoms with Crippen LogP contribution in [-0.2, 0) is 15.0 Å². The summed E-state index contributed by atoms with van der Waals surface area (Å²) >= 11 is 12.5. The number of likely N-dealkylation sites (tertiary alicyclic amines) is 1. The first-order chi connectivity index (χ1) is 14.3. The third-order valence-electron chi connectivity index (χ3n) is 6.57. The highest BCUT2D eigenvalue weighted by Crippen LogP contribution is 2.56. The monoisotopic (exact) mass is 442 g/mol. The van der Waals surface area contributed by atoms with Crippen LogP contribution >= 0.6 is 23.2 Å². The van der Waals surface area contributed by atoms with Crippen LogP contribution in [0.3, 0.4) is 0 Å². The van der Waals surface area contributed by atoms with Crippen LogP contribution in [0.1, 0.15) is 43.7 Å². The highest BCUT2D eigenvalue weighted by Gasteiger charge is 2.62. The van der Waals surface area contributed by atoms with Crippen molar-refractivity contribution < 1.29 is 9.59 Å². The van der Waals surface area contributed by atoms with Gasteiger partial charge in [-0.2, -0.15) is 0 Å². The molecular formula is C24H24Cl2N2O2. The van der Waals surface area contributed by atoms with Crippen LogP contribution in [0.25, 0.3) is 0 Å². The molecule has 0 aromatic heterocycles. The van der Waals surface area contributed by atoms with Gasteiger partial charge in [-0.05, 0) is 48.7 Å². The molecule has 6 heteroatoms. The Morgan fingerprint density at radius 3 is 2.60 bits per heavy atom. The molecule has 2 aliphatic heterocycles. The smallest absolute Gasteiger partial charge is 0.238 e. The van der Waals surface area contributed by atoms with Crippen molar-refractivity contribution in [1.82, 2.24) is 4.90 Å². The number of anilines is 1. The fourth-order valence-electron chi connectivity index (χ4n) is 5.27. The van der Waals surface area contributed by atoms with E-state index >= 15 is 0 Å². The lowest BCUT2D eigenvalue weighted by molar-refractivity contribution is -0.141. The van der Waals surface area contributed by atoms with Gasteiger partial charge in [-0.25, -0.2) is 0 Å². The molecule has 1 saturated heterocycles. The number of fused-ring (bicyclic) bond motifs is 2. The fraction of sp³-hybridized carbons (Fsp3) is 0.333. The number of nitrogens with zero attached hydrogens (tertiary/aromatic N) is 1. The number of likely N-dealkylation sites (N-methyl/N-ethyl adjacent to an activating group) is 1. The molecule has 156 valence electrons. The van der Waals surface area contributed by atoms with Gasteiger partial charge >= 0.3 is 0 Å². The Kier molecular flexibility index (Phi) is 5.41. The molecule has 0 unspecified atom stereocenters. The molecule has 2 aromatic carbocycles. The van der Waals surface area contributed by atoms with Gasteiger partial charge in [-0.15, -0.1) is 0 Å². The highest BCUT2D eigenvalue weighted by molar-refractivity contribution is 6.31. The normalized spacial score (nSPS) is 26.2. The number of piperidine rings is 1. The van der Waals surface area contributed by atoms with E-state index < -0.39 is 11.5 Å². The van der Waals surface area contributed by atoms with Crippen LogP contribution in [0.5, 0.6) is 0 Å². The molecule has 1 N–H and O–H groups in total. The van der Waals surface area contributed by atoms with Gasteiger partial charge in [0.25, 0.3) is 0 Å². The summed E-state index contributed by atoms with van der Waals surface area (Å²) in [7, 11) is 1.79. The predicted molar refractivity (Wildman–Crippen MR) is 121 cm³/mol. The second kappa shape index (κ2) is 7.75. The number of benzene rings is 2. The van der Waals surface area contributed by atoms with Crippen molar-refractivity contribution in [2.24, 2.45) is 0 Å². The molecule has 2 heterocycles.